The van der Waals surface area contributed by atoms with Crippen LogP contribution >= 0.6 is 0 Å². The summed E-state index contributed by atoms with van der Waals surface area (Å²) in [5.41, 5.74) is 1.25. The van der Waals surface area contributed by atoms with Crippen molar-refractivity contribution in [1.29, 1.82) is 0 Å². The first kappa shape index (κ1) is 11.0. The quantitative estimate of drug-likeness (QED) is 0.762. The molecule has 0 bridgehead atoms. The topological polar surface area (TPSA) is 32.3 Å². The number of hydrogen-bond donors (Lipinski definition) is 0. The predicted octanol–water partition coefficient (Wildman–Crippen LogP) is 1.93. The fourth-order valence-corrected chi connectivity index (χ4v) is 2.30. The standard InChI is InChI=1S/C14H16N4/c1-17-9-10-18(13-6-2-3-7-15-13)11-12-5-4-8-16-14(12)17/h2-8H,9-11H2,1H3. The average molecular weight is 240 g/mol. The molecule has 4 heteroatoms. The molecule has 0 saturated carbocycles. The van der Waals surface area contributed by atoms with Crippen LogP contribution in [0.15, 0.2) is 42.7 Å². The van der Waals surface area contributed by atoms with Crippen molar-refractivity contribution in [2.45, 2.75) is 6.54 Å². The Morgan fingerprint density at radius 2 is 1.89 bits per heavy atom. The number of fused-ring (bicyclic) bond motifs is 1. The first-order valence-corrected chi connectivity index (χ1v) is 6.15. The summed E-state index contributed by atoms with van der Waals surface area (Å²) < 4.78 is 0. The zero-order valence-electron chi connectivity index (χ0n) is 10.5. The normalized spacial score (nSPS) is 15.2. The Bertz CT molecular complexity index is 526. The van der Waals surface area contributed by atoms with Crippen molar-refractivity contribution in [3.63, 3.8) is 0 Å². The molecule has 0 saturated heterocycles. The summed E-state index contributed by atoms with van der Waals surface area (Å²) in [6, 6.07) is 10.2. The van der Waals surface area contributed by atoms with Crippen LogP contribution in [0.3, 0.4) is 0 Å². The first-order valence-electron chi connectivity index (χ1n) is 6.15. The highest BCUT2D eigenvalue weighted by atomic mass is 15.3. The number of pyridine rings is 2. The molecule has 0 amide bonds. The lowest BCUT2D eigenvalue weighted by molar-refractivity contribution is 0.784. The van der Waals surface area contributed by atoms with Crippen molar-refractivity contribution < 1.29 is 0 Å². The zero-order chi connectivity index (χ0) is 12.4. The molecule has 0 atom stereocenters. The third-order valence-electron chi connectivity index (χ3n) is 3.27. The van der Waals surface area contributed by atoms with E-state index in [1.165, 1.54) is 5.56 Å². The molecule has 2 aromatic heterocycles. The first-order chi connectivity index (χ1) is 8.84. The molecule has 4 nitrogen and oxygen atoms in total. The second-order valence-electron chi connectivity index (χ2n) is 4.52. The molecule has 0 spiro atoms. The molecular formula is C14H16N4. The number of rotatable bonds is 1. The third kappa shape index (κ3) is 2.01. The van der Waals surface area contributed by atoms with Crippen molar-refractivity contribution in [3.8, 4) is 0 Å². The highest BCUT2D eigenvalue weighted by Crippen LogP contribution is 2.23. The minimum atomic E-state index is 0.866. The highest BCUT2D eigenvalue weighted by molar-refractivity contribution is 5.51. The molecule has 3 rings (SSSR count). The van der Waals surface area contributed by atoms with Gasteiger partial charge < -0.3 is 9.80 Å². The number of aromatic nitrogens is 2. The molecule has 18 heavy (non-hydrogen) atoms. The Kier molecular flexibility index (Phi) is 2.84. The van der Waals surface area contributed by atoms with Gasteiger partial charge in [-0.2, -0.15) is 0 Å². The van der Waals surface area contributed by atoms with Gasteiger partial charge in [0.2, 0.25) is 0 Å². The molecular weight excluding hydrogens is 224 g/mol. The summed E-state index contributed by atoms with van der Waals surface area (Å²) in [5, 5.41) is 0. The molecule has 0 aromatic carbocycles. The van der Waals surface area contributed by atoms with Crippen LogP contribution in [0.1, 0.15) is 5.56 Å². The van der Waals surface area contributed by atoms with Gasteiger partial charge in [-0.05, 0) is 18.2 Å². The van der Waals surface area contributed by atoms with Gasteiger partial charge in [-0.1, -0.05) is 12.1 Å². The van der Waals surface area contributed by atoms with E-state index in [0.717, 1.165) is 31.3 Å². The van der Waals surface area contributed by atoms with Gasteiger partial charge >= 0.3 is 0 Å². The van der Waals surface area contributed by atoms with Gasteiger partial charge in [0.15, 0.2) is 0 Å². The van der Waals surface area contributed by atoms with E-state index in [4.69, 9.17) is 0 Å². The molecule has 0 radical (unpaired) electrons. The highest BCUT2D eigenvalue weighted by Gasteiger charge is 2.18. The van der Waals surface area contributed by atoms with Gasteiger partial charge in [0.1, 0.15) is 11.6 Å². The lowest BCUT2D eigenvalue weighted by atomic mass is 10.2. The summed E-state index contributed by atoms with van der Waals surface area (Å²) in [5.74, 6) is 2.11. The van der Waals surface area contributed by atoms with E-state index in [1.807, 2.05) is 30.6 Å². The van der Waals surface area contributed by atoms with E-state index >= 15 is 0 Å². The van der Waals surface area contributed by atoms with E-state index in [2.05, 4.69) is 38.9 Å². The Hall–Kier alpha value is -2.10. The Labute approximate surface area is 107 Å². The van der Waals surface area contributed by atoms with Gasteiger partial charge in [-0.3, -0.25) is 0 Å². The maximum atomic E-state index is 4.47. The summed E-state index contributed by atoms with van der Waals surface area (Å²) in [7, 11) is 2.09. The smallest absolute Gasteiger partial charge is 0.133 e. The number of anilines is 2. The van der Waals surface area contributed by atoms with E-state index in [-0.39, 0.29) is 0 Å². The van der Waals surface area contributed by atoms with Gasteiger partial charge in [0, 0.05) is 44.6 Å². The minimum Gasteiger partial charge on any atom is -0.358 e. The van der Waals surface area contributed by atoms with Crippen molar-refractivity contribution in [2.75, 3.05) is 29.9 Å². The summed E-state index contributed by atoms with van der Waals surface area (Å²) >= 11 is 0. The van der Waals surface area contributed by atoms with Crippen molar-refractivity contribution in [2.24, 2.45) is 0 Å². The second-order valence-corrected chi connectivity index (χ2v) is 4.52. The van der Waals surface area contributed by atoms with Gasteiger partial charge in [0.05, 0.1) is 0 Å². The van der Waals surface area contributed by atoms with Gasteiger partial charge in [0.25, 0.3) is 0 Å². The van der Waals surface area contributed by atoms with E-state index in [0.29, 0.717) is 0 Å². The van der Waals surface area contributed by atoms with Crippen LogP contribution in [0, 0.1) is 0 Å². The molecule has 2 aromatic rings. The summed E-state index contributed by atoms with van der Waals surface area (Å²) in [4.78, 5) is 13.4. The lowest BCUT2D eigenvalue weighted by Gasteiger charge is -2.21. The lowest BCUT2D eigenvalue weighted by Crippen LogP contribution is -2.29. The fraction of sp³-hybridized carbons (Fsp3) is 0.286. The number of nitrogens with zero attached hydrogens (tertiary/aromatic N) is 4. The van der Waals surface area contributed by atoms with Gasteiger partial charge in [-0.15, -0.1) is 0 Å². The molecule has 1 aliphatic rings. The fourth-order valence-electron chi connectivity index (χ4n) is 2.30. The Balaban J connectivity index is 1.94. The van der Waals surface area contributed by atoms with Gasteiger partial charge in [-0.25, -0.2) is 9.97 Å². The third-order valence-corrected chi connectivity index (χ3v) is 3.27. The molecule has 1 aliphatic heterocycles. The van der Waals surface area contributed by atoms with Crippen LogP contribution < -0.4 is 9.80 Å². The second kappa shape index (κ2) is 4.64. The van der Waals surface area contributed by atoms with Crippen molar-refractivity contribution >= 4 is 11.6 Å². The Morgan fingerprint density at radius 1 is 1.00 bits per heavy atom. The molecule has 0 fully saturated rings. The van der Waals surface area contributed by atoms with E-state index in [1.54, 1.807) is 0 Å². The Morgan fingerprint density at radius 3 is 2.72 bits per heavy atom. The molecule has 92 valence electrons. The van der Waals surface area contributed by atoms with Crippen molar-refractivity contribution in [1.82, 2.24) is 9.97 Å². The van der Waals surface area contributed by atoms with Crippen LogP contribution in [0.2, 0.25) is 0 Å². The maximum Gasteiger partial charge on any atom is 0.133 e. The number of likely N-dealkylation sites (N-methyl/N-ethyl adjacent to an activating group) is 1. The van der Waals surface area contributed by atoms with E-state index < -0.39 is 0 Å². The predicted molar refractivity (Wildman–Crippen MR) is 72.8 cm³/mol. The molecule has 0 aliphatic carbocycles. The van der Waals surface area contributed by atoms with Crippen LogP contribution in [-0.2, 0) is 6.54 Å². The zero-order valence-corrected chi connectivity index (χ0v) is 10.5. The van der Waals surface area contributed by atoms with E-state index in [9.17, 15) is 0 Å². The average Bonchev–Trinajstić information content (AvgIpc) is 2.60. The maximum absolute atomic E-state index is 4.47. The monoisotopic (exact) mass is 240 g/mol. The van der Waals surface area contributed by atoms with Crippen LogP contribution in [-0.4, -0.2) is 30.1 Å². The SMILES string of the molecule is CN1CCN(c2ccccn2)Cc2cccnc21. The molecule has 0 N–H and O–H groups in total. The van der Waals surface area contributed by atoms with Crippen LogP contribution in [0.5, 0.6) is 0 Å². The largest absolute Gasteiger partial charge is 0.358 e. The summed E-state index contributed by atoms with van der Waals surface area (Å²) in [6.07, 6.45) is 3.69. The summed E-state index contributed by atoms with van der Waals surface area (Å²) in [6.45, 7) is 2.79. The van der Waals surface area contributed by atoms with Crippen molar-refractivity contribution in [3.05, 3.63) is 48.3 Å². The van der Waals surface area contributed by atoms with Crippen LogP contribution in [0.4, 0.5) is 11.6 Å². The number of hydrogen-bond acceptors (Lipinski definition) is 4. The minimum absolute atomic E-state index is 0.866. The molecule has 3 heterocycles. The molecule has 0 unspecified atom stereocenters. The van der Waals surface area contributed by atoms with Crippen LogP contribution in [0.25, 0.3) is 0 Å².